The smallest absolute Gasteiger partial charge is 0.276 e. The molecule has 34 nitrogen and oxygen atoms in total. The van der Waals surface area contributed by atoms with E-state index in [2.05, 4.69) is 161 Å². The summed E-state index contributed by atoms with van der Waals surface area (Å²) in [5.74, 6) is 1.63. The number of likely N-dealkylation sites (N-methyl/N-ethyl adjacent to an activating group) is 1. The van der Waals surface area contributed by atoms with Crippen LogP contribution in [0.4, 0.5) is 51.6 Å². The number of nitrogens with one attached hydrogen (secondary N) is 8. The summed E-state index contributed by atoms with van der Waals surface area (Å²) in [6.07, 6.45) is 33.3. The molecule has 6 aliphatic rings. The quantitative estimate of drug-likeness (QED) is 0.0351. The van der Waals surface area contributed by atoms with Crippen LogP contribution in [-0.4, -0.2) is 241 Å². The molecule has 22 rings (SSSR count). The number of carbonyl (C=O) groups is 4. The van der Waals surface area contributed by atoms with E-state index >= 15 is 0 Å². The summed E-state index contributed by atoms with van der Waals surface area (Å²) >= 11 is 0. The number of sulfone groups is 1. The molecule has 0 saturated carbocycles. The lowest BCUT2D eigenvalue weighted by Crippen LogP contribution is -2.44. The Hall–Kier alpha value is -15.3. The highest BCUT2D eigenvalue weighted by Gasteiger charge is 2.26. The van der Waals surface area contributed by atoms with E-state index in [9.17, 15) is 27.6 Å². The maximum Gasteiger partial charge on any atom is 0.276 e. The van der Waals surface area contributed by atoms with Gasteiger partial charge in [-0.3, -0.25) is 64.4 Å². The normalized spacial score (nSPS) is 15.4. The number of rotatable bonds is 20. The van der Waals surface area contributed by atoms with Crippen LogP contribution in [0.2, 0.25) is 0 Å². The zero-order chi connectivity index (χ0) is 92.1. The number of carbonyl (C=O) groups excluding carboxylic acids is 4. The lowest BCUT2D eigenvalue weighted by molar-refractivity contribution is 0.101. The van der Waals surface area contributed by atoms with Gasteiger partial charge in [0.1, 0.15) is 17.5 Å². The molecular weight excluding hydrogens is 1720 g/mol. The van der Waals surface area contributed by atoms with Gasteiger partial charge in [-0.15, -0.1) is 0 Å². The van der Waals surface area contributed by atoms with Gasteiger partial charge in [0.25, 0.3) is 23.6 Å². The number of aromatic nitrogens is 16. The molecule has 6 fully saturated rings. The number of morpholine rings is 1. The highest BCUT2D eigenvalue weighted by Crippen LogP contribution is 2.35. The van der Waals surface area contributed by atoms with Crippen LogP contribution >= 0.6 is 0 Å². The van der Waals surface area contributed by atoms with E-state index in [0.29, 0.717) is 45.2 Å². The Kier molecular flexibility index (Phi) is 26.9. The van der Waals surface area contributed by atoms with E-state index < -0.39 is 15.7 Å². The Bertz CT molecular complexity index is 7000. The Balaban J connectivity index is 0.000000116. The number of amides is 4. The molecule has 0 spiro atoms. The van der Waals surface area contributed by atoms with E-state index in [1.807, 2.05) is 159 Å². The van der Waals surface area contributed by atoms with E-state index in [1.54, 1.807) is 31.0 Å². The third-order valence-electron chi connectivity index (χ3n) is 25.1. The minimum absolute atomic E-state index is 0.0542. The molecule has 0 radical (unpaired) electrons. The summed E-state index contributed by atoms with van der Waals surface area (Å²) in [7, 11) is -1.26. The van der Waals surface area contributed by atoms with Crippen molar-refractivity contribution in [2.45, 2.75) is 69.4 Å². The van der Waals surface area contributed by atoms with Gasteiger partial charge < -0.3 is 55.4 Å². The van der Waals surface area contributed by atoms with Crippen molar-refractivity contribution in [2.75, 3.05) is 164 Å². The lowest BCUT2D eigenvalue weighted by Gasteiger charge is -2.34. The topological polar surface area (TPSA) is 400 Å². The number of hydrogen-bond acceptors (Lipinski definition) is 26. The van der Waals surface area contributed by atoms with Gasteiger partial charge in [-0.1, -0.05) is 36.8 Å². The monoisotopic (exact) mass is 1830 g/mol. The molecule has 4 amide bonds. The van der Waals surface area contributed by atoms with Crippen molar-refractivity contribution in [2.24, 2.45) is 0 Å². The SMILES string of the molecule is CN1CCN(c2cncc(-c3ccc4[nH]nc(C(=O)Nc5ccc(N6CCCC6)nc5)c4c3)c2)CC1.CS(=O)(=O)c1ccc(NC(=O)c2n[nH]c3ccc(-c4cncc(CN5CCCCC5)c4)cc23)cn1.O=C(Nc1ccc(N2CCCC2)nc1)c1n[nH]c2ccc(-c3cccnc3)cc12.O=C(Nc1ccc(N2CCCC2)nc1)c1n[nH]c2ccc(-c3cncc(N4CCOCC4)c3)cc12. The Morgan fingerprint density at radius 2 is 0.704 bits per heavy atom. The Morgan fingerprint density at radius 3 is 1.07 bits per heavy atom. The largest absolute Gasteiger partial charge is 0.378 e. The van der Waals surface area contributed by atoms with Crippen molar-refractivity contribution in [3.8, 4) is 44.5 Å². The van der Waals surface area contributed by atoms with Crippen LogP contribution < -0.4 is 45.8 Å². The number of benzene rings is 4. The summed E-state index contributed by atoms with van der Waals surface area (Å²) in [6, 6.07) is 48.4. The Morgan fingerprint density at radius 1 is 0.341 bits per heavy atom. The molecule has 4 aromatic carbocycles. The zero-order valence-electron chi connectivity index (χ0n) is 75.0. The fourth-order valence-electron chi connectivity index (χ4n) is 17.7. The van der Waals surface area contributed by atoms with Gasteiger partial charge in [0.05, 0.1) is 107 Å². The predicted octanol–water partition coefficient (Wildman–Crippen LogP) is 14.9. The maximum absolute atomic E-state index is 13.1. The minimum Gasteiger partial charge on any atom is -0.378 e. The summed E-state index contributed by atoms with van der Waals surface area (Å²) in [6.45, 7) is 16.5. The van der Waals surface area contributed by atoms with Crippen LogP contribution in [-0.2, 0) is 21.1 Å². The summed E-state index contributed by atoms with van der Waals surface area (Å²) in [5, 5.41) is 43.3. The average molecular weight is 1830 g/mol. The van der Waals surface area contributed by atoms with E-state index in [1.165, 1.54) is 81.7 Å². The van der Waals surface area contributed by atoms with E-state index in [4.69, 9.17) is 4.74 Å². The molecule has 686 valence electrons. The van der Waals surface area contributed by atoms with Crippen molar-refractivity contribution < 1.29 is 32.3 Å². The second kappa shape index (κ2) is 40.8. The summed E-state index contributed by atoms with van der Waals surface area (Å²) in [4.78, 5) is 103. The molecule has 135 heavy (non-hydrogen) atoms. The van der Waals surface area contributed by atoms with Crippen molar-refractivity contribution in [1.29, 1.82) is 0 Å². The standard InChI is InChI=1S/C27H30N8O.C26H27N7O2.C25H26N6O3S.C22H20N6O/c1-33-10-12-34(13-11-33)22-14-20(16-28-18-22)19-4-6-24-23(15-19)26(32-31-24)27(36)30-21-5-7-25(29-17-21)35-8-2-3-9-35;34-26(29-20-4-6-24(28-16-20)33-7-1-2-8-33)25-22-14-18(3-5-23(22)30-31-25)19-13-21(17-27-15-19)32-9-11-35-12-10-32;1-35(33,34)23-8-6-20(15-27-23)28-25(32)24-21-12-18(5-7-22(21)29-30-24)19-11-17(13-26-14-19)16-31-9-3-2-4-10-31;29-22(25-17-6-8-20(24-14-17)28-10-1-2-11-28)21-18-12-15(5-7-19(18)26-27-21)16-4-3-9-23-13-16/h4-7,14-18H,2-3,8-13H2,1H3,(H,30,36)(H,31,32);3-6,13-17H,1-2,7-12H2,(H,29,34)(H,30,31);5-8,11-15H,2-4,9-10,16H2,1H3,(H,28,32)(H,29,30);3-9,12-14H,1-2,10-11H2,(H,25,29)(H,26,27). The number of piperazine rings is 1. The number of anilines is 9. The van der Waals surface area contributed by atoms with E-state index in [0.717, 1.165) is 229 Å². The number of hydrogen-bond donors (Lipinski definition) is 8. The van der Waals surface area contributed by atoms with Crippen LogP contribution in [0.3, 0.4) is 0 Å². The van der Waals surface area contributed by atoms with Crippen LogP contribution in [0.25, 0.3) is 88.1 Å². The van der Waals surface area contributed by atoms with Gasteiger partial charge >= 0.3 is 0 Å². The van der Waals surface area contributed by atoms with Crippen LogP contribution in [0.15, 0.2) is 231 Å². The van der Waals surface area contributed by atoms with Gasteiger partial charge in [-0.25, -0.2) is 28.4 Å². The second-order valence-electron chi connectivity index (χ2n) is 34.5. The molecule has 6 aliphatic heterocycles. The summed E-state index contributed by atoms with van der Waals surface area (Å²) < 4.78 is 28.7. The number of likely N-dealkylation sites (tertiary alicyclic amines) is 1. The number of H-pyrrole nitrogens is 4. The molecule has 12 aromatic heterocycles. The minimum atomic E-state index is -3.41. The zero-order valence-corrected chi connectivity index (χ0v) is 75.8. The lowest BCUT2D eigenvalue weighted by atomic mass is 10.0. The highest BCUT2D eigenvalue weighted by atomic mass is 32.2. The number of fused-ring (bicyclic) bond motifs is 4. The molecule has 0 aliphatic carbocycles. The number of aromatic amines is 4. The Labute approximate surface area is 779 Å². The first-order valence-electron chi connectivity index (χ1n) is 45.7. The van der Waals surface area contributed by atoms with Gasteiger partial charge in [0.15, 0.2) is 37.6 Å². The fourth-order valence-corrected chi connectivity index (χ4v) is 18.3. The van der Waals surface area contributed by atoms with Gasteiger partial charge in [-0.05, 0) is 221 Å². The van der Waals surface area contributed by atoms with Gasteiger partial charge in [0, 0.05) is 172 Å². The predicted molar refractivity (Wildman–Crippen MR) is 525 cm³/mol. The first-order chi connectivity index (χ1) is 66.0. The molecule has 0 bridgehead atoms. The molecule has 6 saturated heterocycles. The van der Waals surface area contributed by atoms with Crippen LogP contribution in [0.1, 0.15) is 105 Å². The third-order valence-corrected chi connectivity index (χ3v) is 26.1. The van der Waals surface area contributed by atoms with E-state index in [-0.39, 0.29) is 28.4 Å². The second-order valence-corrected chi connectivity index (χ2v) is 36.5. The summed E-state index contributed by atoms with van der Waals surface area (Å²) in [5.41, 5.74) is 18.0. The van der Waals surface area contributed by atoms with Crippen LogP contribution in [0, 0.1) is 0 Å². The third kappa shape index (κ3) is 21.3. The molecule has 8 N–H and O–H groups in total. The average Bonchev–Trinajstić information content (AvgIpc) is 1.66. The molecule has 35 heteroatoms. The number of nitrogens with zero attached hydrogens (tertiary/aromatic N) is 19. The van der Waals surface area contributed by atoms with Crippen molar-refractivity contribution in [3.63, 3.8) is 0 Å². The van der Waals surface area contributed by atoms with Crippen molar-refractivity contribution in [1.82, 2.24) is 90.5 Å². The fraction of sp³-hybridized carbons (Fsp3) is 0.280. The van der Waals surface area contributed by atoms with Crippen molar-refractivity contribution in [3.05, 3.63) is 254 Å². The number of pyridine rings is 8. The van der Waals surface area contributed by atoms with Crippen LogP contribution in [0.5, 0.6) is 0 Å². The molecular formula is C100H103N27O7S. The highest BCUT2D eigenvalue weighted by molar-refractivity contribution is 7.90. The number of ether oxygens (including phenoxy) is 1. The first kappa shape index (κ1) is 88.9. The van der Waals surface area contributed by atoms with Gasteiger partial charge in [-0.2, -0.15) is 20.4 Å². The van der Waals surface area contributed by atoms with Crippen molar-refractivity contribution >= 4 is 129 Å². The molecule has 0 atom stereocenters. The maximum atomic E-state index is 13.1. The number of piperidine rings is 1. The first-order valence-corrected chi connectivity index (χ1v) is 47.6. The molecule has 18 heterocycles. The van der Waals surface area contributed by atoms with Gasteiger partial charge in [0.2, 0.25) is 0 Å². The molecule has 16 aromatic rings. The molecule has 0 unspecified atom stereocenters.